The Morgan fingerprint density at radius 3 is 2.40 bits per heavy atom. The first-order chi connectivity index (χ1) is 4.62. The summed E-state index contributed by atoms with van der Waals surface area (Å²) in [6.45, 7) is 1.25. The number of aliphatic hydroxyl groups excluding tert-OH is 2. The monoisotopic (exact) mass is 168 g/mol. The maximum absolute atomic E-state index is 11.1. The fraction of sp³-hybridized carbons (Fsp3) is 1.00. The minimum absolute atomic E-state index is 0.0772. The van der Waals surface area contributed by atoms with E-state index in [1.54, 1.807) is 0 Å². The molecule has 4 nitrogen and oxygen atoms in total. The van der Waals surface area contributed by atoms with Gasteiger partial charge in [-0.2, -0.15) is 0 Å². The quantitative estimate of drug-likeness (QED) is 0.562. The summed E-state index contributed by atoms with van der Waals surface area (Å²) in [5.41, 5.74) is 0. The van der Waals surface area contributed by atoms with Gasteiger partial charge in [0.05, 0.1) is 19.8 Å². The summed E-state index contributed by atoms with van der Waals surface area (Å²) in [4.78, 5) is 0. The van der Waals surface area contributed by atoms with Crippen LogP contribution < -0.4 is 0 Å². The van der Waals surface area contributed by atoms with Crippen molar-refractivity contribution in [1.29, 1.82) is 0 Å². The lowest BCUT2D eigenvalue weighted by molar-refractivity contribution is 0.201. The van der Waals surface area contributed by atoms with Gasteiger partial charge in [0.25, 0.3) is 0 Å². The molecule has 0 aromatic heterocycles. The molecular formula is C5H13O4P. The second kappa shape index (κ2) is 4.85. The molecule has 1 atom stereocenters. The first kappa shape index (κ1) is 10.1. The van der Waals surface area contributed by atoms with Crippen LogP contribution in [-0.2, 0) is 9.09 Å². The van der Waals surface area contributed by atoms with E-state index in [9.17, 15) is 4.57 Å². The molecule has 0 aromatic carbocycles. The van der Waals surface area contributed by atoms with E-state index in [4.69, 9.17) is 14.7 Å². The van der Waals surface area contributed by atoms with Gasteiger partial charge in [0, 0.05) is 12.8 Å². The van der Waals surface area contributed by atoms with Crippen molar-refractivity contribution in [2.24, 2.45) is 0 Å². The fourth-order valence-electron chi connectivity index (χ4n) is 0.480. The van der Waals surface area contributed by atoms with E-state index in [0.717, 1.165) is 0 Å². The van der Waals surface area contributed by atoms with Gasteiger partial charge in [-0.1, -0.05) is 0 Å². The predicted octanol–water partition coefficient (Wildman–Crippen LogP) is -0.105. The fourth-order valence-corrected chi connectivity index (χ4v) is 1.44. The minimum atomic E-state index is -2.62. The lowest BCUT2D eigenvalue weighted by Gasteiger charge is -2.10. The zero-order chi connectivity index (χ0) is 8.04. The average molecular weight is 168 g/mol. The molecule has 5 heteroatoms. The molecule has 0 amide bonds. The number of aliphatic hydroxyl groups is 2. The largest absolute Gasteiger partial charge is 0.396 e. The Hall–Kier alpha value is 0.110. The Kier molecular flexibility index (Phi) is 4.91. The molecule has 0 aliphatic carbocycles. The Labute approximate surface area is 60.3 Å². The highest BCUT2D eigenvalue weighted by Crippen LogP contribution is 2.41. The van der Waals surface area contributed by atoms with Gasteiger partial charge < -0.3 is 14.7 Å². The maximum atomic E-state index is 11.1. The highest BCUT2D eigenvalue weighted by atomic mass is 31.2. The van der Waals surface area contributed by atoms with E-state index >= 15 is 0 Å². The highest BCUT2D eigenvalue weighted by molar-refractivity contribution is 7.58. The van der Waals surface area contributed by atoms with Gasteiger partial charge in [-0.3, -0.25) is 4.57 Å². The molecule has 0 aliphatic heterocycles. The van der Waals surface area contributed by atoms with Gasteiger partial charge in [-0.15, -0.1) is 0 Å². The summed E-state index contributed by atoms with van der Waals surface area (Å²) >= 11 is 0. The van der Waals surface area contributed by atoms with Crippen molar-refractivity contribution < 1.29 is 19.3 Å². The van der Waals surface area contributed by atoms with Crippen molar-refractivity contribution in [2.45, 2.75) is 0 Å². The van der Waals surface area contributed by atoms with E-state index in [1.165, 1.54) is 6.66 Å². The molecule has 0 fully saturated rings. The van der Waals surface area contributed by atoms with Crippen molar-refractivity contribution in [1.82, 2.24) is 0 Å². The molecule has 62 valence electrons. The molecule has 0 spiro atoms. The second-order valence-corrected chi connectivity index (χ2v) is 4.75. The summed E-state index contributed by atoms with van der Waals surface area (Å²) in [5.74, 6) is 0. The van der Waals surface area contributed by atoms with Crippen molar-refractivity contribution >= 4 is 7.37 Å². The Bertz CT molecular complexity index is 125. The number of rotatable bonds is 5. The third kappa shape index (κ3) is 4.94. The molecular weight excluding hydrogens is 155 g/mol. The van der Waals surface area contributed by atoms with Crippen molar-refractivity contribution in [3.8, 4) is 0 Å². The average Bonchev–Trinajstić information content (AvgIpc) is 1.84. The summed E-state index contributed by atoms with van der Waals surface area (Å²) in [6, 6.07) is 0. The zero-order valence-corrected chi connectivity index (χ0v) is 6.88. The van der Waals surface area contributed by atoms with E-state index in [-0.39, 0.29) is 26.0 Å². The normalized spacial score (nSPS) is 16.7. The zero-order valence-electron chi connectivity index (χ0n) is 5.99. The van der Waals surface area contributed by atoms with Crippen LogP contribution in [0.2, 0.25) is 0 Å². The van der Waals surface area contributed by atoms with Crippen molar-refractivity contribution in [3.05, 3.63) is 0 Å². The molecule has 1 unspecified atom stereocenters. The summed E-state index contributed by atoms with van der Waals surface area (Å²) in [5, 5.41) is 16.7. The van der Waals surface area contributed by atoms with Crippen LogP contribution in [0, 0.1) is 0 Å². The SMILES string of the molecule is CP(=O)(CCO)OCCO. The van der Waals surface area contributed by atoms with E-state index in [2.05, 4.69) is 0 Å². The molecule has 0 heterocycles. The highest BCUT2D eigenvalue weighted by Gasteiger charge is 2.13. The van der Waals surface area contributed by atoms with E-state index in [0.29, 0.717) is 0 Å². The third-order valence-electron chi connectivity index (χ3n) is 0.962. The van der Waals surface area contributed by atoms with Crippen LogP contribution in [0.25, 0.3) is 0 Å². The molecule has 0 rings (SSSR count). The van der Waals surface area contributed by atoms with Crippen molar-refractivity contribution in [2.75, 3.05) is 32.6 Å². The van der Waals surface area contributed by atoms with Crippen LogP contribution in [0.5, 0.6) is 0 Å². The lowest BCUT2D eigenvalue weighted by Crippen LogP contribution is -2.01. The van der Waals surface area contributed by atoms with Gasteiger partial charge in [0.1, 0.15) is 0 Å². The standard InChI is InChI=1S/C5H13O4P/c1-10(8,5-3-7)9-4-2-6/h6-7H,2-5H2,1H3. The summed E-state index contributed by atoms with van der Waals surface area (Å²) in [7, 11) is -2.62. The first-order valence-electron chi connectivity index (χ1n) is 3.05. The summed E-state index contributed by atoms with van der Waals surface area (Å²) < 4.78 is 15.8. The topological polar surface area (TPSA) is 66.8 Å². The number of hydrogen-bond acceptors (Lipinski definition) is 4. The second-order valence-electron chi connectivity index (χ2n) is 2.02. The van der Waals surface area contributed by atoms with Crippen LogP contribution in [-0.4, -0.2) is 42.9 Å². The van der Waals surface area contributed by atoms with Crippen LogP contribution in [0.3, 0.4) is 0 Å². The smallest absolute Gasteiger partial charge is 0.202 e. The van der Waals surface area contributed by atoms with Gasteiger partial charge in [0.2, 0.25) is 7.37 Å². The molecule has 0 aromatic rings. The third-order valence-corrected chi connectivity index (χ3v) is 2.70. The molecule has 0 aliphatic rings. The van der Waals surface area contributed by atoms with Crippen LogP contribution >= 0.6 is 7.37 Å². The molecule has 0 saturated carbocycles. The van der Waals surface area contributed by atoms with Gasteiger partial charge in [-0.05, 0) is 0 Å². The van der Waals surface area contributed by atoms with Gasteiger partial charge >= 0.3 is 0 Å². The van der Waals surface area contributed by atoms with Crippen LogP contribution in [0.1, 0.15) is 0 Å². The molecule has 0 radical (unpaired) electrons. The van der Waals surface area contributed by atoms with Crippen LogP contribution in [0.15, 0.2) is 0 Å². The Morgan fingerprint density at radius 2 is 2.00 bits per heavy atom. The maximum Gasteiger partial charge on any atom is 0.202 e. The molecule has 0 saturated heterocycles. The Morgan fingerprint density at radius 1 is 1.40 bits per heavy atom. The predicted molar refractivity (Wildman–Crippen MR) is 38.5 cm³/mol. The van der Waals surface area contributed by atoms with E-state index in [1.807, 2.05) is 0 Å². The van der Waals surface area contributed by atoms with Crippen LogP contribution in [0.4, 0.5) is 0 Å². The minimum Gasteiger partial charge on any atom is -0.396 e. The Balaban J connectivity index is 3.53. The first-order valence-corrected chi connectivity index (χ1v) is 5.31. The van der Waals surface area contributed by atoms with Crippen molar-refractivity contribution in [3.63, 3.8) is 0 Å². The molecule has 10 heavy (non-hydrogen) atoms. The van der Waals surface area contributed by atoms with Gasteiger partial charge in [0.15, 0.2) is 0 Å². The lowest BCUT2D eigenvalue weighted by atomic mass is 10.8. The summed E-state index contributed by atoms with van der Waals surface area (Å²) in [6.07, 6.45) is 0.160. The number of hydrogen-bond donors (Lipinski definition) is 2. The van der Waals surface area contributed by atoms with E-state index < -0.39 is 7.37 Å². The molecule has 2 N–H and O–H groups in total. The van der Waals surface area contributed by atoms with Gasteiger partial charge in [-0.25, -0.2) is 0 Å². The molecule has 0 bridgehead atoms.